The van der Waals surface area contributed by atoms with E-state index in [-0.39, 0.29) is 30.8 Å². The number of hydrogen-bond acceptors (Lipinski definition) is 4. The van der Waals surface area contributed by atoms with Crippen LogP contribution in [0.1, 0.15) is 23.2 Å². The minimum absolute atomic E-state index is 0. The first-order chi connectivity index (χ1) is 10.7. The van der Waals surface area contributed by atoms with E-state index in [0.717, 1.165) is 18.4 Å². The summed E-state index contributed by atoms with van der Waals surface area (Å²) >= 11 is 0. The molecule has 4 nitrogen and oxygen atoms in total. The molecule has 0 spiro atoms. The Morgan fingerprint density at radius 1 is 1.21 bits per heavy atom. The lowest BCUT2D eigenvalue weighted by Crippen LogP contribution is -2.33. The second-order valence-corrected chi connectivity index (χ2v) is 5.67. The van der Waals surface area contributed by atoms with Gasteiger partial charge in [-0.1, -0.05) is 24.3 Å². The first kappa shape index (κ1) is 20.4. The summed E-state index contributed by atoms with van der Waals surface area (Å²) in [5.41, 5.74) is 11.9. The van der Waals surface area contributed by atoms with Crippen molar-refractivity contribution < 1.29 is 9.53 Å². The molecule has 0 amide bonds. The second-order valence-electron chi connectivity index (χ2n) is 5.67. The zero-order valence-corrected chi connectivity index (χ0v) is 15.2. The van der Waals surface area contributed by atoms with Gasteiger partial charge in [0.2, 0.25) is 0 Å². The highest BCUT2D eigenvalue weighted by Crippen LogP contribution is 2.31. The number of aromatic nitrogens is 1. The number of hydrogen-bond donors (Lipinski definition) is 1. The molecular weight excluding hydrogens is 347 g/mol. The van der Waals surface area contributed by atoms with Crippen LogP contribution in [0.5, 0.6) is 0 Å². The number of ether oxygens (including phenoxy) is 1. The molecule has 24 heavy (non-hydrogen) atoms. The van der Waals surface area contributed by atoms with E-state index in [1.807, 2.05) is 18.3 Å². The van der Waals surface area contributed by atoms with Crippen molar-refractivity contribution in [1.29, 1.82) is 0 Å². The van der Waals surface area contributed by atoms with Crippen molar-refractivity contribution >= 4 is 30.8 Å². The third kappa shape index (κ3) is 4.26. The van der Waals surface area contributed by atoms with Gasteiger partial charge >= 0.3 is 5.97 Å². The average molecular weight is 369 g/mol. The van der Waals surface area contributed by atoms with Gasteiger partial charge < -0.3 is 10.5 Å². The van der Waals surface area contributed by atoms with E-state index < -0.39 is 6.04 Å². The molecule has 2 N–H and O–H groups in total. The molecule has 1 aromatic heterocycles. The van der Waals surface area contributed by atoms with Crippen LogP contribution >= 0.6 is 24.8 Å². The van der Waals surface area contributed by atoms with Crippen LogP contribution in [0.4, 0.5) is 0 Å². The van der Waals surface area contributed by atoms with Gasteiger partial charge in [-0.3, -0.25) is 9.78 Å². The van der Waals surface area contributed by atoms with Crippen molar-refractivity contribution in [3.05, 3.63) is 53.3 Å². The minimum Gasteiger partial charge on any atom is -0.468 e. The van der Waals surface area contributed by atoms with Crippen molar-refractivity contribution in [3.8, 4) is 11.1 Å². The monoisotopic (exact) mass is 368 g/mol. The van der Waals surface area contributed by atoms with Crippen molar-refractivity contribution in [2.24, 2.45) is 5.73 Å². The molecule has 1 atom stereocenters. The van der Waals surface area contributed by atoms with Crippen molar-refractivity contribution in [2.45, 2.75) is 31.7 Å². The van der Waals surface area contributed by atoms with Crippen LogP contribution in [-0.2, 0) is 28.8 Å². The number of rotatable bonds is 4. The predicted molar refractivity (Wildman–Crippen MR) is 99.9 cm³/mol. The highest BCUT2D eigenvalue weighted by atomic mass is 35.5. The number of nitrogens with two attached hydrogens (primary N) is 1. The summed E-state index contributed by atoms with van der Waals surface area (Å²) < 4.78 is 4.66. The minimum atomic E-state index is -0.610. The molecule has 0 saturated carbocycles. The molecule has 3 rings (SSSR count). The van der Waals surface area contributed by atoms with E-state index in [2.05, 4.69) is 27.9 Å². The molecule has 6 heteroatoms. The van der Waals surface area contributed by atoms with E-state index in [1.165, 1.54) is 35.9 Å². The number of carbonyl (C=O) groups excluding carboxylic acids is 1. The quantitative estimate of drug-likeness (QED) is 0.841. The summed E-state index contributed by atoms with van der Waals surface area (Å²) in [6, 6.07) is 9.71. The second kappa shape index (κ2) is 9.02. The summed E-state index contributed by atoms with van der Waals surface area (Å²) in [4.78, 5) is 15.8. The Balaban J connectivity index is 0.00000144. The van der Waals surface area contributed by atoms with Gasteiger partial charge in [0.15, 0.2) is 0 Å². The van der Waals surface area contributed by atoms with Crippen LogP contribution in [0.25, 0.3) is 11.1 Å². The number of esters is 1. The molecule has 130 valence electrons. The van der Waals surface area contributed by atoms with Gasteiger partial charge in [0.25, 0.3) is 0 Å². The number of nitrogens with zero attached hydrogens (tertiary/aromatic N) is 1. The van der Waals surface area contributed by atoms with E-state index in [1.54, 1.807) is 0 Å². The number of pyridine rings is 1. The van der Waals surface area contributed by atoms with Crippen LogP contribution in [-0.4, -0.2) is 24.1 Å². The van der Waals surface area contributed by atoms with E-state index in [4.69, 9.17) is 5.73 Å². The molecule has 0 aliphatic heterocycles. The fourth-order valence-corrected chi connectivity index (χ4v) is 3.04. The highest BCUT2D eigenvalue weighted by Gasteiger charge is 2.17. The van der Waals surface area contributed by atoms with Gasteiger partial charge in [0, 0.05) is 11.9 Å². The summed E-state index contributed by atoms with van der Waals surface area (Å²) in [5.74, 6) is -0.379. The van der Waals surface area contributed by atoms with Gasteiger partial charge in [-0.15, -0.1) is 24.8 Å². The lowest BCUT2D eigenvalue weighted by atomic mass is 9.97. The van der Waals surface area contributed by atoms with Crippen molar-refractivity contribution in [2.75, 3.05) is 7.11 Å². The predicted octanol–water partition coefficient (Wildman–Crippen LogP) is 3.12. The Labute approximate surface area is 154 Å². The van der Waals surface area contributed by atoms with Crippen molar-refractivity contribution in [1.82, 2.24) is 4.98 Å². The number of halogens is 2. The lowest BCUT2D eigenvalue weighted by molar-refractivity contribution is -0.142. The van der Waals surface area contributed by atoms with E-state index >= 15 is 0 Å². The van der Waals surface area contributed by atoms with E-state index in [0.29, 0.717) is 6.42 Å². The summed E-state index contributed by atoms with van der Waals surface area (Å²) in [6.07, 6.45) is 5.75. The van der Waals surface area contributed by atoms with Crippen molar-refractivity contribution in [3.63, 3.8) is 0 Å². The molecule has 0 fully saturated rings. The zero-order valence-electron chi connectivity index (χ0n) is 13.5. The standard InChI is InChI=1S/C18H20N2O2.2ClH/c1-22-18(21)16(19)11-12-5-7-13(8-6-12)14-9-10-20-17-4-2-3-15(14)17;;/h5-10,16H,2-4,11,19H2,1H3;2*1H/t16-;;/m0../s1. The number of benzene rings is 1. The Kier molecular flexibility index (Phi) is 7.67. The molecule has 0 saturated heterocycles. The number of carbonyl (C=O) groups is 1. The van der Waals surface area contributed by atoms with E-state index in [9.17, 15) is 4.79 Å². The first-order valence-electron chi connectivity index (χ1n) is 7.58. The summed E-state index contributed by atoms with van der Waals surface area (Å²) in [5, 5.41) is 0. The Hall–Kier alpha value is -1.62. The van der Waals surface area contributed by atoms with Gasteiger partial charge in [0.05, 0.1) is 7.11 Å². The van der Waals surface area contributed by atoms with Gasteiger partial charge in [0.1, 0.15) is 6.04 Å². The summed E-state index contributed by atoms with van der Waals surface area (Å²) in [7, 11) is 1.36. The topological polar surface area (TPSA) is 65.2 Å². The molecule has 2 aromatic rings. The largest absolute Gasteiger partial charge is 0.468 e. The normalized spacial score (nSPS) is 13.2. The van der Waals surface area contributed by atoms with Gasteiger partial charge in [-0.25, -0.2) is 0 Å². The first-order valence-corrected chi connectivity index (χ1v) is 7.58. The number of aryl methyl sites for hydroxylation is 1. The highest BCUT2D eigenvalue weighted by molar-refractivity contribution is 5.85. The molecule has 1 heterocycles. The van der Waals surface area contributed by atoms with Crippen LogP contribution in [0.3, 0.4) is 0 Å². The molecule has 0 bridgehead atoms. The Morgan fingerprint density at radius 3 is 2.58 bits per heavy atom. The third-order valence-corrected chi connectivity index (χ3v) is 4.21. The average Bonchev–Trinajstić information content (AvgIpc) is 3.03. The SMILES string of the molecule is COC(=O)[C@@H](N)Cc1ccc(-c2ccnc3c2CCC3)cc1.Cl.Cl. The zero-order chi connectivity index (χ0) is 15.5. The van der Waals surface area contributed by atoms with Crippen LogP contribution in [0, 0.1) is 0 Å². The third-order valence-electron chi connectivity index (χ3n) is 4.21. The fourth-order valence-electron chi connectivity index (χ4n) is 3.04. The lowest BCUT2D eigenvalue weighted by Gasteiger charge is -2.11. The molecule has 0 unspecified atom stereocenters. The Morgan fingerprint density at radius 2 is 1.92 bits per heavy atom. The fraction of sp³-hybridized carbons (Fsp3) is 0.333. The molecule has 1 aliphatic rings. The van der Waals surface area contributed by atoms with Crippen LogP contribution in [0.15, 0.2) is 36.5 Å². The smallest absolute Gasteiger partial charge is 0.322 e. The number of fused-ring (bicyclic) bond motifs is 1. The Bertz CT molecular complexity index is 690. The molecule has 0 radical (unpaired) electrons. The maximum absolute atomic E-state index is 11.4. The maximum Gasteiger partial charge on any atom is 0.322 e. The molecule has 1 aromatic carbocycles. The maximum atomic E-state index is 11.4. The van der Waals surface area contributed by atoms with Gasteiger partial charge in [-0.2, -0.15) is 0 Å². The van der Waals surface area contributed by atoms with Gasteiger partial charge in [-0.05, 0) is 54.0 Å². The van der Waals surface area contributed by atoms with Crippen LogP contribution < -0.4 is 5.73 Å². The van der Waals surface area contributed by atoms with Crippen LogP contribution in [0.2, 0.25) is 0 Å². The molecule has 1 aliphatic carbocycles. The molecular formula is C18H22Cl2N2O2. The summed E-state index contributed by atoms with van der Waals surface area (Å²) in [6.45, 7) is 0. The number of methoxy groups -OCH3 is 1.